The SMILES string of the molecule is CS(=O)(=O)c1ccc(OCCn2ccc3ccc(C(=O)NO)nc32)cc1. The van der Waals surface area contributed by atoms with E-state index in [2.05, 4.69) is 4.98 Å². The number of nitrogens with zero attached hydrogens (tertiary/aromatic N) is 2. The zero-order valence-corrected chi connectivity index (χ0v) is 14.7. The van der Waals surface area contributed by atoms with Gasteiger partial charge in [0.2, 0.25) is 0 Å². The Bertz CT molecular complexity index is 1040. The second kappa shape index (κ2) is 7.14. The molecule has 1 amide bonds. The molecule has 8 nitrogen and oxygen atoms in total. The van der Waals surface area contributed by atoms with Crippen LogP contribution >= 0.6 is 0 Å². The quantitative estimate of drug-likeness (QED) is 0.501. The van der Waals surface area contributed by atoms with Gasteiger partial charge >= 0.3 is 0 Å². The summed E-state index contributed by atoms with van der Waals surface area (Å²) in [5.74, 6) is -0.121. The molecule has 0 aliphatic rings. The van der Waals surface area contributed by atoms with Gasteiger partial charge < -0.3 is 9.30 Å². The molecule has 0 fully saturated rings. The molecule has 2 N–H and O–H groups in total. The van der Waals surface area contributed by atoms with Crippen molar-refractivity contribution in [3.63, 3.8) is 0 Å². The number of pyridine rings is 1. The molecule has 2 aromatic heterocycles. The summed E-state index contributed by atoms with van der Waals surface area (Å²) in [6, 6.07) is 11.3. The molecule has 3 rings (SSSR count). The Balaban J connectivity index is 1.69. The molecule has 2 heterocycles. The number of nitrogens with one attached hydrogen (secondary N) is 1. The van der Waals surface area contributed by atoms with Crippen molar-refractivity contribution in [2.45, 2.75) is 11.4 Å². The van der Waals surface area contributed by atoms with E-state index in [1.54, 1.807) is 23.7 Å². The number of carbonyl (C=O) groups is 1. The highest BCUT2D eigenvalue weighted by Gasteiger charge is 2.10. The maximum atomic E-state index is 11.5. The lowest BCUT2D eigenvalue weighted by molar-refractivity contribution is 0.0701. The number of aromatic nitrogens is 2. The van der Waals surface area contributed by atoms with E-state index in [-0.39, 0.29) is 10.6 Å². The fraction of sp³-hybridized carbons (Fsp3) is 0.176. The molecule has 136 valence electrons. The van der Waals surface area contributed by atoms with E-state index in [9.17, 15) is 13.2 Å². The fourth-order valence-corrected chi connectivity index (χ4v) is 3.10. The number of hydroxylamine groups is 1. The van der Waals surface area contributed by atoms with Gasteiger partial charge in [-0.3, -0.25) is 10.0 Å². The molecule has 0 aliphatic heterocycles. The highest BCUT2D eigenvalue weighted by molar-refractivity contribution is 7.90. The van der Waals surface area contributed by atoms with E-state index in [1.165, 1.54) is 18.2 Å². The molecule has 0 radical (unpaired) electrons. The number of hydrogen-bond donors (Lipinski definition) is 2. The van der Waals surface area contributed by atoms with Gasteiger partial charge in [-0.1, -0.05) is 0 Å². The molecular formula is C17H17N3O5S. The first-order valence-corrected chi connectivity index (χ1v) is 9.61. The Hall–Kier alpha value is -2.91. The summed E-state index contributed by atoms with van der Waals surface area (Å²) in [6.07, 6.45) is 2.98. The molecule has 0 saturated carbocycles. The van der Waals surface area contributed by atoms with Crippen LogP contribution < -0.4 is 10.2 Å². The van der Waals surface area contributed by atoms with E-state index < -0.39 is 15.7 Å². The van der Waals surface area contributed by atoms with Crippen LogP contribution in [0, 0.1) is 0 Å². The van der Waals surface area contributed by atoms with Crippen LogP contribution in [-0.4, -0.2) is 41.9 Å². The van der Waals surface area contributed by atoms with Gasteiger partial charge in [-0.25, -0.2) is 18.9 Å². The molecule has 0 unspecified atom stereocenters. The summed E-state index contributed by atoms with van der Waals surface area (Å²) >= 11 is 0. The minimum absolute atomic E-state index is 0.109. The van der Waals surface area contributed by atoms with Crippen LogP contribution in [0.5, 0.6) is 5.75 Å². The maximum absolute atomic E-state index is 11.5. The largest absolute Gasteiger partial charge is 0.492 e. The lowest BCUT2D eigenvalue weighted by Crippen LogP contribution is -2.20. The number of fused-ring (bicyclic) bond motifs is 1. The van der Waals surface area contributed by atoms with Crippen molar-refractivity contribution >= 4 is 26.8 Å². The average molecular weight is 375 g/mol. The van der Waals surface area contributed by atoms with E-state index in [4.69, 9.17) is 9.94 Å². The predicted molar refractivity (Wildman–Crippen MR) is 94.0 cm³/mol. The zero-order valence-electron chi connectivity index (χ0n) is 13.9. The van der Waals surface area contributed by atoms with Crippen molar-refractivity contribution < 1.29 is 23.2 Å². The minimum atomic E-state index is -3.23. The smallest absolute Gasteiger partial charge is 0.293 e. The van der Waals surface area contributed by atoms with E-state index in [0.717, 1.165) is 11.6 Å². The average Bonchev–Trinajstić information content (AvgIpc) is 3.03. The van der Waals surface area contributed by atoms with Crippen LogP contribution in [0.15, 0.2) is 53.6 Å². The Labute approximate surface area is 149 Å². The van der Waals surface area contributed by atoms with E-state index >= 15 is 0 Å². The Kier molecular flexibility index (Phi) is 4.92. The standard InChI is InChI=1S/C17H17N3O5S/c1-26(23,24)14-5-3-13(4-6-14)25-11-10-20-9-8-12-2-7-15(17(21)19-22)18-16(12)20/h2-9,22H,10-11H2,1H3,(H,19,21). The van der Waals surface area contributed by atoms with Gasteiger partial charge in [0.1, 0.15) is 23.7 Å². The van der Waals surface area contributed by atoms with Crippen LogP contribution in [0.4, 0.5) is 0 Å². The molecule has 9 heteroatoms. The third-order valence-electron chi connectivity index (χ3n) is 3.80. The number of rotatable bonds is 6. The molecule has 0 aliphatic carbocycles. The van der Waals surface area contributed by atoms with Crippen LogP contribution in [0.2, 0.25) is 0 Å². The molecule has 0 bridgehead atoms. The highest BCUT2D eigenvalue weighted by Crippen LogP contribution is 2.17. The van der Waals surface area contributed by atoms with Crippen molar-refractivity contribution in [2.24, 2.45) is 0 Å². The summed E-state index contributed by atoms with van der Waals surface area (Å²) in [6.45, 7) is 0.814. The van der Waals surface area contributed by atoms with Gasteiger partial charge in [-0.15, -0.1) is 0 Å². The molecule has 1 aromatic carbocycles. The van der Waals surface area contributed by atoms with E-state index in [0.29, 0.717) is 24.5 Å². The normalized spacial score (nSPS) is 11.5. The third-order valence-corrected chi connectivity index (χ3v) is 4.93. The first-order chi connectivity index (χ1) is 12.4. The molecule has 3 aromatic rings. The number of ether oxygens (including phenoxy) is 1. The van der Waals surface area contributed by atoms with Crippen LogP contribution in [0.3, 0.4) is 0 Å². The zero-order chi connectivity index (χ0) is 18.7. The Morgan fingerprint density at radius 2 is 1.92 bits per heavy atom. The number of sulfone groups is 1. The van der Waals surface area contributed by atoms with Crippen molar-refractivity contribution in [3.05, 3.63) is 54.4 Å². The summed E-state index contributed by atoms with van der Waals surface area (Å²) in [5, 5.41) is 9.57. The van der Waals surface area contributed by atoms with Gasteiger partial charge in [-0.2, -0.15) is 0 Å². The lowest BCUT2D eigenvalue weighted by Gasteiger charge is -2.09. The minimum Gasteiger partial charge on any atom is -0.492 e. The second-order valence-electron chi connectivity index (χ2n) is 5.65. The monoisotopic (exact) mass is 375 g/mol. The Morgan fingerprint density at radius 3 is 2.58 bits per heavy atom. The van der Waals surface area contributed by atoms with Crippen molar-refractivity contribution in [1.82, 2.24) is 15.0 Å². The molecule has 0 spiro atoms. The predicted octanol–water partition coefficient (Wildman–Crippen LogP) is 1.64. The maximum Gasteiger partial charge on any atom is 0.293 e. The van der Waals surface area contributed by atoms with Crippen LogP contribution in [0.25, 0.3) is 11.0 Å². The lowest BCUT2D eigenvalue weighted by atomic mass is 10.3. The van der Waals surface area contributed by atoms with Crippen molar-refractivity contribution in [3.8, 4) is 5.75 Å². The van der Waals surface area contributed by atoms with Gasteiger partial charge in [0.15, 0.2) is 9.84 Å². The summed E-state index contributed by atoms with van der Waals surface area (Å²) in [7, 11) is -3.23. The van der Waals surface area contributed by atoms with Crippen molar-refractivity contribution in [1.29, 1.82) is 0 Å². The highest BCUT2D eigenvalue weighted by atomic mass is 32.2. The Morgan fingerprint density at radius 1 is 1.19 bits per heavy atom. The summed E-state index contributed by atoms with van der Waals surface area (Å²) in [5.41, 5.74) is 2.27. The number of hydrogen-bond acceptors (Lipinski definition) is 6. The number of benzene rings is 1. The van der Waals surface area contributed by atoms with Gasteiger partial charge in [0.25, 0.3) is 5.91 Å². The van der Waals surface area contributed by atoms with Crippen LogP contribution in [0.1, 0.15) is 10.5 Å². The molecule has 0 atom stereocenters. The summed E-state index contributed by atoms with van der Waals surface area (Å²) in [4.78, 5) is 16.0. The second-order valence-corrected chi connectivity index (χ2v) is 7.67. The summed E-state index contributed by atoms with van der Waals surface area (Å²) < 4.78 is 30.3. The molecule has 0 saturated heterocycles. The number of amides is 1. The van der Waals surface area contributed by atoms with Gasteiger partial charge in [0, 0.05) is 17.8 Å². The van der Waals surface area contributed by atoms with Crippen LogP contribution in [-0.2, 0) is 16.4 Å². The van der Waals surface area contributed by atoms with Gasteiger partial charge in [-0.05, 0) is 42.5 Å². The number of carbonyl (C=O) groups excluding carboxylic acids is 1. The third kappa shape index (κ3) is 3.84. The first kappa shape index (κ1) is 17.9. The fourth-order valence-electron chi connectivity index (χ4n) is 2.47. The topological polar surface area (TPSA) is 111 Å². The first-order valence-electron chi connectivity index (χ1n) is 7.72. The van der Waals surface area contributed by atoms with Crippen molar-refractivity contribution in [2.75, 3.05) is 12.9 Å². The molecule has 26 heavy (non-hydrogen) atoms. The van der Waals surface area contributed by atoms with E-state index in [1.807, 2.05) is 16.8 Å². The van der Waals surface area contributed by atoms with Gasteiger partial charge in [0.05, 0.1) is 11.4 Å². The molecular weight excluding hydrogens is 358 g/mol.